The third kappa shape index (κ3) is 24.0. The van der Waals surface area contributed by atoms with Crippen molar-refractivity contribution in [2.45, 2.75) is 122 Å². The lowest BCUT2D eigenvalue weighted by atomic mass is 10.0. The molecule has 0 bridgehead atoms. The highest BCUT2D eigenvalue weighted by Crippen LogP contribution is 2.42. The Hall–Kier alpha value is -8.97. The highest BCUT2D eigenvalue weighted by atomic mass is 35.5. The molecule has 6 aromatic rings. The highest BCUT2D eigenvalue weighted by Gasteiger charge is 2.33. The third-order valence-corrected chi connectivity index (χ3v) is 17.2. The van der Waals surface area contributed by atoms with E-state index in [-0.39, 0.29) is 75.0 Å². The number of methoxy groups -OCH3 is 4. The molecule has 0 aliphatic carbocycles. The van der Waals surface area contributed by atoms with Crippen LogP contribution in [0.1, 0.15) is 120 Å². The number of esters is 2. The van der Waals surface area contributed by atoms with E-state index < -0.39 is 71.7 Å². The Morgan fingerprint density at radius 3 is 1.69 bits per heavy atom. The Bertz CT molecular complexity index is 4010. The number of nitro benzene ring substituents is 2. The minimum absolute atomic E-state index is 0.00325. The summed E-state index contributed by atoms with van der Waals surface area (Å²) in [5.41, 5.74) is 1.71. The lowest BCUT2D eigenvalue weighted by Gasteiger charge is -2.28. The first kappa shape index (κ1) is 82.3. The largest absolute Gasteiger partial charge is 0.496 e. The van der Waals surface area contributed by atoms with Gasteiger partial charge in [-0.1, -0.05) is 49.2 Å². The number of carbonyl (C=O) groups excluding carboxylic acids is 4. The summed E-state index contributed by atoms with van der Waals surface area (Å²) >= 11 is 12.2. The van der Waals surface area contributed by atoms with E-state index in [2.05, 4.69) is 4.72 Å². The smallest absolute Gasteiger partial charge is 0.416 e. The van der Waals surface area contributed by atoms with Gasteiger partial charge in [-0.25, -0.2) is 21.6 Å². The number of alkyl halides is 3. The fourth-order valence-electron chi connectivity index (χ4n) is 8.96. The molecule has 6 rings (SSSR count). The number of ether oxygens (including phenoxy) is 8. The lowest BCUT2D eigenvalue weighted by Crippen LogP contribution is -2.35. The van der Waals surface area contributed by atoms with Crippen LogP contribution < -0.4 is 38.0 Å². The number of aryl methyl sites for hydroxylation is 1. The molecular weight excluding hydrogens is 1360 g/mol. The Balaban J connectivity index is 0.000000341. The number of sulfone groups is 1. The molecule has 1 N–H and O–H groups in total. The number of halogens is 5. The number of amides is 2. The summed E-state index contributed by atoms with van der Waals surface area (Å²) in [7, 11) is 1.49. The number of likely N-dealkylation sites (N-methyl/N-ethyl adjacent to an activating group) is 1. The molecule has 2 amide bonds. The van der Waals surface area contributed by atoms with Crippen molar-refractivity contribution in [1.29, 1.82) is 0 Å². The van der Waals surface area contributed by atoms with Crippen molar-refractivity contribution >= 4 is 83.9 Å². The number of carbonyl (C=O) groups is 4. The lowest BCUT2D eigenvalue weighted by molar-refractivity contribution is -0.386. The molecule has 0 saturated carbocycles. The zero-order chi connectivity index (χ0) is 73.6. The molecule has 0 spiro atoms. The van der Waals surface area contributed by atoms with Gasteiger partial charge in [-0.15, -0.1) is 0 Å². The van der Waals surface area contributed by atoms with E-state index in [0.29, 0.717) is 62.5 Å². The summed E-state index contributed by atoms with van der Waals surface area (Å²) in [5, 5.41) is 23.3. The van der Waals surface area contributed by atoms with E-state index in [1.165, 1.54) is 140 Å². The van der Waals surface area contributed by atoms with Gasteiger partial charge in [-0.3, -0.25) is 39.4 Å². The molecule has 0 aromatic heterocycles. The van der Waals surface area contributed by atoms with Gasteiger partial charge in [0.25, 0.3) is 5.69 Å². The number of benzene rings is 6. The predicted octanol–water partition coefficient (Wildman–Crippen LogP) is 13.4. The number of sulfonamides is 1. The average molecular weight is 1440 g/mol. The second-order valence-corrected chi connectivity index (χ2v) is 25.9. The Kier molecular flexibility index (Phi) is 31.3. The first-order valence-electron chi connectivity index (χ1n) is 29.2. The summed E-state index contributed by atoms with van der Waals surface area (Å²) in [6, 6.07) is 23.7. The summed E-state index contributed by atoms with van der Waals surface area (Å²) < 4.78 is 131. The standard InChI is InChI=1S/C20H22Cl2N2O5.C19H20F3NO4.C14H19NO6S.C12H17NO5S/c1-11(2)23(13(4)25)18-8-14(24(26)27)6-7-19(18)29-12(3)15-9-16(21)17(22)10-20(15)28-5;1-4-12-6-8-18(15(10-12)23(24)25)27-16(5-2)14-11-13(19(20,21)22)7-9-17(14)26-3;1-10(16)15(2)8-14(17)21-9-11-5-6-12(20-3)13(7-11)22(4,18)19;1-8(18-9(2)14)11-7-10(19(15,16)13-3)5-6-12(11)17-4/h6-12H,1-5H3;6-11,16H,4-5H2,1-3H3;5-7H,8-9H2,1-4H3;5-8,13H,1-4H3. The quantitative estimate of drug-likeness (QED) is 0.0316. The average Bonchev–Trinajstić information content (AvgIpc) is 0.824. The molecule has 530 valence electrons. The molecule has 3 atom stereocenters. The monoisotopic (exact) mass is 1440 g/mol. The minimum Gasteiger partial charge on any atom is -0.496 e. The molecule has 0 aliphatic rings. The molecule has 0 aliphatic heterocycles. The number of anilines is 1. The number of nitrogens with zero attached hydrogens (tertiary/aromatic N) is 4. The van der Waals surface area contributed by atoms with Gasteiger partial charge in [-0.2, -0.15) is 13.2 Å². The fourth-order valence-corrected chi connectivity index (χ4v) is 10.9. The first-order chi connectivity index (χ1) is 45.2. The maximum absolute atomic E-state index is 13.1. The van der Waals surface area contributed by atoms with Crippen molar-refractivity contribution in [3.63, 3.8) is 0 Å². The SMILES string of the molecule is CCc1ccc(OC(CC)c2cc(C(F)(F)F)ccc2OC)c([N+](=O)[O-])c1.CNS(=O)(=O)c1ccc(OC)c(C(C)OC(C)=O)c1.COc1cc(Cl)c(Cl)cc1C(C)Oc1ccc([N+](=O)[O-])cc1N(C(C)=O)C(C)C.COc1ccc(COC(=O)CN(C)C(C)=O)cc1S(C)(=O)=O. The summed E-state index contributed by atoms with van der Waals surface area (Å²) in [4.78, 5) is 70.1. The molecule has 32 heteroatoms. The van der Waals surface area contributed by atoms with Crippen molar-refractivity contribution in [2.75, 3.05) is 60.2 Å². The van der Waals surface area contributed by atoms with Crippen LogP contribution in [0.25, 0.3) is 0 Å². The number of hydrogen-bond donors (Lipinski definition) is 1. The van der Waals surface area contributed by atoms with Crippen LogP contribution in [0.4, 0.5) is 30.2 Å². The van der Waals surface area contributed by atoms with Crippen molar-refractivity contribution < 1.29 is 96.9 Å². The normalized spacial score (nSPS) is 12.0. The molecular formula is C65H78Cl2F3N5O20S2. The molecule has 97 heavy (non-hydrogen) atoms. The van der Waals surface area contributed by atoms with Crippen molar-refractivity contribution in [3.8, 4) is 34.5 Å². The number of hydrogen-bond acceptors (Lipinski definition) is 20. The number of non-ortho nitro benzene ring substituents is 1. The molecule has 0 fully saturated rings. The Labute approximate surface area is 571 Å². The molecule has 3 unspecified atom stereocenters. The van der Waals surface area contributed by atoms with Gasteiger partial charge in [-0.05, 0) is 125 Å². The van der Waals surface area contributed by atoms with E-state index in [1.54, 1.807) is 45.0 Å². The number of rotatable bonds is 25. The molecule has 0 radical (unpaired) electrons. The van der Waals surface area contributed by atoms with Crippen molar-refractivity contribution in [2.24, 2.45) is 0 Å². The van der Waals surface area contributed by atoms with Crippen molar-refractivity contribution in [1.82, 2.24) is 9.62 Å². The number of nitrogens with one attached hydrogen (secondary N) is 1. The Morgan fingerprint density at radius 2 is 1.19 bits per heavy atom. The van der Waals surface area contributed by atoms with E-state index in [4.69, 9.17) is 61.1 Å². The molecule has 0 heterocycles. The first-order valence-corrected chi connectivity index (χ1v) is 33.4. The summed E-state index contributed by atoms with van der Waals surface area (Å²) in [6.07, 6.45) is -4.52. The van der Waals surface area contributed by atoms with Crippen LogP contribution in [-0.2, 0) is 67.7 Å². The summed E-state index contributed by atoms with van der Waals surface area (Å²) in [6.45, 7) is 14.4. The minimum atomic E-state index is -4.52. The third-order valence-electron chi connectivity index (χ3n) is 13.9. The van der Waals surface area contributed by atoms with Gasteiger partial charge in [0.15, 0.2) is 15.6 Å². The van der Waals surface area contributed by atoms with E-state index in [1.807, 2.05) is 20.8 Å². The topological polar surface area (TPSA) is 315 Å². The van der Waals surface area contributed by atoms with Crippen LogP contribution in [0.5, 0.6) is 34.5 Å². The van der Waals surface area contributed by atoms with Crippen LogP contribution in [0, 0.1) is 20.2 Å². The van der Waals surface area contributed by atoms with Gasteiger partial charge < -0.3 is 47.7 Å². The molecule has 0 saturated heterocycles. The van der Waals surface area contributed by atoms with Crippen LogP contribution in [0.15, 0.2) is 113 Å². The predicted molar refractivity (Wildman–Crippen MR) is 356 cm³/mol. The van der Waals surface area contributed by atoms with Gasteiger partial charge in [0, 0.05) is 81.1 Å². The van der Waals surface area contributed by atoms with E-state index in [0.717, 1.165) is 24.0 Å². The second kappa shape index (κ2) is 37.0. The summed E-state index contributed by atoms with van der Waals surface area (Å²) in [5.74, 6) is 0.198. The Morgan fingerprint density at radius 1 is 0.639 bits per heavy atom. The van der Waals surface area contributed by atoms with Gasteiger partial charge in [0.05, 0.1) is 64.5 Å². The maximum Gasteiger partial charge on any atom is 0.416 e. The van der Waals surface area contributed by atoms with E-state index >= 15 is 0 Å². The fraction of sp³-hybridized carbons (Fsp3) is 0.385. The molecule has 6 aromatic carbocycles. The van der Waals surface area contributed by atoms with Gasteiger partial charge in [0.1, 0.15) is 65.1 Å². The van der Waals surface area contributed by atoms with Crippen LogP contribution in [-0.4, -0.2) is 117 Å². The van der Waals surface area contributed by atoms with Gasteiger partial charge in [0.2, 0.25) is 21.8 Å². The zero-order valence-corrected chi connectivity index (χ0v) is 59.3. The molecule has 25 nitrogen and oxygen atoms in total. The highest BCUT2D eigenvalue weighted by molar-refractivity contribution is 7.90. The van der Waals surface area contributed by atoms with Crippen LogP contribution in [0.3, 0.4) is 0 Å². The van der Waals surface area contributed by atoms with Gasteiger partial charge >= 0.3 is 23.8 Å². The number of nitro groups is 2. The second-order valence-electron chi connectivity index (χ2n) is 21.2. The zero-order valence-electron chi connectivity index (χ0n) is 56.1. The van der Waals surface area contributed by atoms with Crippen LogP contribution >= 0.6 is 23.2 Å². The van der Waals surface area contributed by atoms with Crippen molar-refractivity contribution in [3.05, 3.63) is 167 Å². The van der Waals surface area contributed by atoms with Crippen LogP contribution in [0.2, 0.25) is 10.0 Å². The van der Waals surface area contributed by atoms with E-state index in [9.17, 15) is 69.4 Å². The maximum atomic E-state index is 13.1.